The highest BCUT2D eigenvalue weighted by Crippen LogP contribution is 2.24. The molecule has 0 aromatic heterocycles. The van der Waals surface area contributed by atoms with E-state index in [1.54, 1.807) is 37.4 Å². The Hall–Kier alpha value is -3.24. The zero-order valence-corrected chi connectivity index (χ0v) is 38.6. The zero-order chi connectivity index (χ0) is 46.5. The summed E-state index contributed by atoms with van der Waals surface area (Å²) in [5.41, 5.74) is 1.52. The lowest BCUT2D eigenvalue weighted by molar-refractivity contribution is -0.297. The second-order valence-electron chi connectivity index (χ2n) is 17.7. The Morgan fingerprint density at radius 3 is 1.84 bits per heavy atom. The van der Waals surface area contributed by atoms with E-state index in [0.29, 0.717) is 31.4 Å². The van der Waals surface area contributed by atoms with Crippen LogP contribution in [-0.2, 0) is 31.9 Å². The van der Waals surface area contributed by atoms with E-state index >= 15 is 0 Å². The molecule has 364 valence electrons. The molecule has 0 aliphatic carbocycles. The molecule has 3 rings (SSSR count). The molecule has 12 nitrogen and oxygen atoms in total. The van der Waals surface area contributed by atoms with Crippen LogP contribution in [0.4, 0.5) is 8.78 Å². The summed E-state index contributed by atoms with van der Waals surface area (Å²) in [6, 6.07) is 9.94. The van der Waals surface area contributed by atoms with Crippen LogP contribution < -0.4 is 15.4 Å². The second kappa shape index (κ2) is 32.4. The number of hydrogen-bond donors (Lipinski definition) is 7. The van der Waals surface area contributed by atoms with E-state index in [0.717, 1.165) is 81.4 Å². The molecule has 2 aromatic rings. The molecule has 0 spiro atoms. The number of rotatable bonds is 35. The van der Waals surface area contributed by atoms with Crippen molar-refractivity contribution in [3.63, 3.8) is 0 Å². The Kier molecular flexibility index (Phi) is 27.9. The van der Waals surface area contributed by atoms with E-state index < -0.39 is 60.6 Å². The van der Waals surface area contributed by atoms with Gasteiger partial charge in [-0.3, -0.25) is 9.59 Å². The first-order valence-electron chi connectivity index (χ1n) is 24.2. The van der Waals surface area contributed by atoms with Crippen molar-refractivity contribution in [2.45, 2.75) is 210 Å². The topological polar surface area (TPSA) is 187 Å². The average Bonchev–Trinajstić information content (AvgIpc) is 3.29. The number of benzene rings is 2. The van der Waals surface area contributed by atoms with Gasteiger partial charge in [0.1, 0.15) is 36.3 Å². The third kappa shape index (κ3) is 21.8. The summed E-state index contributed by atoms with van der Waals surface area (Å²) >= 11 is 0. The third-order valence-electron chi connectivity index (χ3n) is 12.2. The molecule has 0 saturated carbocycles. The molecule has 0 radical (unpaired) electrons. The fraction of sp³-hybridized carbons (Fsp3) is 0.720. The first-order chi connectivity index (χ1) is 30.9. The lowest BCUT2D eigenvalue weighted by Crippen LogP contribution is -2.61. The molecule has 1 aliphatic heterocycles. The molecule has 1 heterocycles. The van der Waals surface area contributed by atoms with E-state index in [1.165, 1.54) is 57.4 Å². The molecule has 64 heavy (non-hydrogen) atoms. The minimum atomic E-state index is -1.68. The van der Waals surface area contributed by atoms with Crippen molar-refractivity contribution in [1.82, 2.24) is 10.6 Å². The smallest absolute Gasteiger partial charge is 0.224 e. The minimum absolute atomic E-state index is 0.0463. The number of unbranched alkanes of at least 4 members (excludes halogenated alkanes) is 18. The van der Waals surface area contributed by atoms with Crippen LogP contribution in [-0.4, -0.2) is 107 Å². The van der Waals surface area contributed by atoms with Gasteiger partial charge in [0, 0.05) is 13.0 Å². The lowest BCUT2D eigenvalue weighted by Gasteiger charge is -2.41. The molecule has 2 amide bonds. The van der Waals surface area contributed by atoms with Gasteiger partial charge in [-0.25, -0.2) is 8.78 Å². The number of aryl methyl sites for hydroxylation is 1. The molecule has 1 saturated heterocycles. The van der Waals surface area contributed by atoms with Gasteiger partial charge in [0.2, 0.25) is 11.8 Å². The van der Waals surface area contributed by atoms with Gasteiger partial charge < -0.3 is 50.4 Å². The van der Waals surface area contributed by atoms with Crippen molar-refractivity contribution in [2.75, 3.05) is 20.3 Å². The van der Waals surface area contributed by atoms with Crippen LogP contribution in [0.15, 0.2) is 42.5 Å². The van der Waals surface area contributed by atoms with Crippen molar-refractivity contribution in [3.8, 4) is 5.75 Å². The lowest BCUT2D eigenvalue weighted by atomic mass is 9.98. The standard InChI is InChI=1S/C50H80F2N2O10/c1-3-4-5-6-7-8-9-10-11-15-18-21-24-42(55)46(58)41(54-44(56)25-22-19-16-13-12-14-17-20-23-36-28-31-39(51)40(52)32-36)35-63-50-49(61)48(60)47(59)43(64-50)34-53-45(57)33-37-26-29-38(62-2)30-27-37/h26-32,41-43,46-50,55,58-61H,3-25,33-35H2,1-2H3,(H,53,57)(H,54,56)/t41-,42+,43?,46-,47-,48-,49?,50-/m0/s1. The van der Waals surface area contributed by atoms with Crippen LogP contribution in [0.25, 0.3) is 0 Å². The summed E-state index contributed by atoms with van der Waals surface area (Å²) in [6.07, 6.45) is 12.4. The molecule has 2 unspecified atom stereocenters. The van der Waals surface area contributed by atoms with Gasteiger partial charge in [0.25, 0.3) is 0 Å². The predicted octanol–water partition coefficient (Wildman–Crippen LogP) is 7.51. The van der Waals surface area contributed by atoms with Crippen molar-refractivity contribution in [1.29, 1.82) is 0 Å². The first kappa shape index (κ1) is 55.1. The van der Waals surface area contributed by atoms with E-state index in [9.17, 15) is 43.9 Å². The van der Waals surface area contributed by atoms with E-state index in [2.05, 4.69) is 17.6 Å². The van der Waals surface area contributed by atoms with Crippen molar-refractivity contribution in [3.05, 3.63) is 65.2 Å². The van der Waals surface area contributed by atoms with Crippen molar-refractivity contribution >= 4 is 11.8 Å². The molecule has 14 heteroatoms. The number of carbonyl (C=O) groups is 2. The summed E-state index contributed by atoms with van der Waals surface area (Å²) in [6.45, 7) is 1.65. The third-order valence-corrected chi connectivity index (χ3v) is 12.2. The van der Waals surface area contributed by atoms with Crippen molar-refractivity contribution < 1.29 is 58.1 Å². The molecule has 7 N–H and O–H groups in total. The van der Waals surface area contributed by atoms with Crippen LogP contribution >= 0.6 is 0 Å². The minimum Gasteiger partial charge on any atom is -0.497 e. The number of aliphatic hydroxyl groups excluding tert-OH is 5. The van der Waals surface area contributed by atoms with Crippen LogP contribution in [0.3, 0.4) is 0 Å². The largest absolute Gasteiger partial charge is 0.497 e. The second-order valence-corrected chi connectivity index (χ2v) is 17.7. The van der Waals surface area contributed by atoms with E-state index in [4.69, 9.17) is 14.2 Å². The first-order valence-corrected chi connectivity index (χ1v) is 24.2. The van der Waals surface area contributed by atoms with Crippen LogP contribution in [0, 0.1) is 11.6 Å². The Balaban J connectivity index is 1.46. The number of nitrogens with one attached hydrogen (secondary N) is 2. The Bertz CT molecular complexity index is 1550. The normalized spacial score (nSPS) is 20.1. The van der Waals surface area contributed by atoms with Gasteiger partial charge in [-0.1, -0.05) is 141 Å². The maximum Gasteiger partial charge on any atom is 0.224 e. The SMILES string of the molecule is CCCCCCCCCCCCCC[C@@H](O)[C@@H](O)[C@H](CO[C@H]1OC(CNC(=O)Cc2ccc(OC)cc2)[C@H](O)[C@H](O)C1O)NC(=O)CCCCCCCCCCc1ccc(F)c(F)c1. The Morgan fingerprint density at radius 1 is 0.688 bits per heavy atom. The molecule has 1 aliphatic rings. The molecular weight excluding hydrogens is 827 g/mol. The summed E-state index contributed by atoms with van der Waals surface area (Å²) < 4.78 is 43.5. The highest BCUT2D eigenvalue weighted by Gasteiger charge is 2.45. The number of aliphatic hydroxyl groups is 5. The van der Waals surface area contributed by atoms with Gasteiger partial charge in [-0.15, -0.1) is 0 Å². The fourth-order valence-corrected chi connectivity index (χ4v) is 8.14. The maximum absolute atomic E-state index is 13.4. The molecular formula is C50H80F2N2O10. The highest BCUT2D eigenvalue weighted by molar-refractivity contribution is 5.78. The molecule has 1 fully saturated rings. The highest BCUT2D eigenvalue weighted by atomic mass is 19.2. The van der Waals surface area contributed by atoms with Gasteiger partial charge in [-0.05, 0) is 61.1 Å². The van der Waals surface area contributed by atoms with Crippen LogP contribution in [0.1, 0.15) is 159 Å². The fourth-order valence-electron chi connectivity index (χ4n) is 8.14. The predicted molar refractivity (Wildman–Crippen MR) is 244 cm³/mol. The molecule has 2 aromatic carbocycles. The summed E-state index contributed by atoms with van der Waals surface area (Å²) in [7, 11) is 1.55. The summed E-state index contributed by atoms with van der Waals surface area (Å²) in [5.74, 6) is -1.70. The number of halogens is 2. The maximum atomic E-state index is 13.4. The van der Waals surface area contributed by atoms with Crippen molar-refractivity contribution in [2.24, 2.45) is 0 Å². The zero-order valence-electron chi connectivity index (χ0n) is 38.6. The Labute approximate surface area is 380 Å². The number of carbonyl (C=O) groups excluding carboxylic acids is 2. The van der Waals surface area contributed by atoms with Gasteiger partial charge in [0.15, 0.2) is 17.9 Å². The number of ether oxygens (including phenoxy) is 3. The average molecular weight is 907 g/mol. The Morgan fingerprint density at radius 2 is 1.25 bits per heavy atom. The van der Waals surface area contributed by atoms with E-state index in [1.807, 2.05) is 0 Å². The molecule has 8 atom stereocenters. The molecule has 0 bridgehead atoms. The van der Waals surface area contributed by atoms with Gasteiger partial charge >= 0.3 is 0 Å². The van der Waals surface area contributed by atoms with E-state index in [-0.39, 0.29) is 37.8 Å². The van der Waals surface area contributed by atoms with Crippen LogP contribution in [0.2, 0.25) is 0 Å². The number of hydrogen-bond acceptors (Lipinski definition) is 10. The number of methoxy groups -OCH3 is 1. The quantitative estimate of drug-likeness (QED) is 0.0342. The van der Waals surface area contributed by atoms with Crippen LogP contribution in [0.5, 0.6) is 5.75 Å². The van der Waals surface area contributed by atoms with Gasteiger partial charge in [0.05, 0.1) is 32.3 Å². The monoisotopic (exact) mass is 907 g/mol. The number of amides is 2. The summed E-state index contributed by atoms with van der Waals surface area (Å²) in [4.78, 5) is 25.9. The van der Waals surface area contributed by atoms with Gasteiger partial charge in [-0.2, -0.15) is 0 Å². The summed E-state index contributed by atoms with van der Waals surface area (Å²) in [5, 5.41) is 60.1.